The minimum absolute atomic E-state index is 0.0453. The van der Waals surface area contributed by atoms with Crippen LogP contribution in [-0.4, -0.2) is 25.2 Å². The van der Waals surface area contributed by atoms with Gasteiger partial charge in [0.2, 0.25) is 0 Å². The molecule has 18 heavy (non-hydrogen) atoms. The molecule has 1 aliphatic rings. The Balaban J connectivity index is 1.81. The van der Waals surface area contributed by atoms with E-state index in [4.69, 9.17) is 10.5 Å². The van der Waals surface area contributed by atoms with Gasteiger partial charge in [-0.25, -0.2) is 0 Å². The fourth-order valence-corrected chi connectivity index (χ4v) is 2.14. The molecule has 0 aromatic heterocycles. The number of hydrogen-bond acceptors (Lipinski definition) is 3. The first kappa shape index (κ1) is 12.9. The molecule has 3 N–H and O–H groups in total. The van der Waals surface area contributed by atoms with Gasteiger partial charge in [-0.15, -0.1) is 0 Å². The van der Waals surface area contributed by atoms with Crippen LogP contribution in [0.15, 0.2) is 18.2 Å². The smallest absolute Gasteiger partial charge is 0.251 e. The van der Waals surface area contributed by atoms with Gasteiger partial charge in [0.15, 0.2) is 0 Å². The van der Waals surface area contributed by atoms with Crippen LogP contribution >= 0.6 is 0 Å². The van der Waals surface area contributed by atoms with Crippen molar-refractivity contribution in [2.75, 3.05) is 18.9 Å². The van der Waals surface area contributed by atoms with Gasteiger partial charge in [-0.3, -0.25) is 4.79 Å². The number of nitrogens with one attached hydrogen (secondary N) is 1. The number of aryl methyl sites for hydroxylation is 1. The molecule has 4 heteroatoms. The van der Waals surface area contributed by atoms with Crippen LogP contribution in [0.3, 0.4) is 0 Å². The first-order valence-corrected chi connectivity index (χ1v) is 6.43. The molecule has 2 rings (SSSR count). The number of nitrogen functional groups attached to an aromatic ring is 1. The van der Waals surface area contributed by atoms with Crippen LogP contribution < -0.4 is 11.1 Å². The third-order valence-electron chi connectivity index (χ3n) is 3.31. The first-order valence-electron chi connectivity index (χ1n) is 6.43. The molecule has 4 nitrogen and oxygen atoms in total. The van der Waals surface area contributed by atoms with Gasteiger partial charge in [-0.1, -0.05) is 0 Å². The average molecular weight is 248 g/mol. The van der Waals surface area contributed by atoms with Crippen LogP contribution in [0.4, 0.5) is 5.69 Å². The zero-order chi connectivity index (χ0) is 13.0. The van der Waals surface area contributed by atoms with Gasteiger partial charge in [0.1, 0.15) is 0 Å². The molecule has 0 aliphatic carbocycles. The molecule has 1 aromatic carbocycles. The van der Waals surface area contributed by atoms with Crippen LogP contribution in [0.5, 0.6) is 0 Å². The molecule has 98 valence electrons. The van der Waals surface area contributed by atoms with Crippen molar-refractivity contribution in [2.45, 2.75) is 32.3 Å². The first-order chi connectivity index (χ1) is 8.66. The van der Waals surface area contributed by atoms with Crippen molar-refractivity contribution in [2.24, 2.45) is 0 Å². The van der Waals surface area contributed by atoms with E-state index in [1.165, 1.54) is 0 Å². The highest BCUT2D eigenvalue weighted by Crippen LogP contribution is 2.15. The third kappa shape index (κ3) is 3.23. The summed E-state index contributed by atoms with van der Waals surface area (Å²) in [6.07, 6.45) is 3.45. The van der Waals surface area contributed by atoms with E-state index in [2.05, 4.69) is 5.32 Å². The van der Waals surface area contributed by atoms with Crippen molar-refractivity contribution >= 4 is 11.6 Å². The maximum absolute atomic E-state index is 11.9. The summed E-state index contributed by atoms with van der Waals surface area (Å²) in [5, 5.41) is 2.91. The Kier molecular flexibility index (Phi) is 4.20. The van der Waals surface area contributed by atoms with Gasteiger partial charge < -0.3 is 15.8 Å². The molecule has 1 aromatic rings. The van der Waals surface area contributed by atoms with Crippen molar-refractivity contribution in [1.29, 1.82) is 0 Å². The van der Waals surface area contributed by atoms with Gasteiger partial charge in [-0.05, 0) is 49.9 Å². The zero-order valence-electron chi connectivity index (χ0n) is 10.7. The molecule has 1 saturated heterocycles. The highest BCUT2D eigenvalue weighted by molar-refractivity contribution is 5.94. The quantitative estimate of drug-likeness (QED) is 0.800. The highest BCUT2D eigenvalue weighted by Gasteiger charge is 2.15. The van der Waals surface area contributed by atoms with Gasteiger partial charge in [0.05, 0.1) is 6.10 Å². The van der Waals surface area contributed by atoms with Gasteiger partial charge in [0.25, 0.3) is 5.91 Å². The molecule has 0 bridgehead atoms. The summed E-state index contributed by atoms with van der Waals surface area (Å²) < 4.78 is 5.51. The van der Waals surface area contributed by atoms with E-state index < -0.39 is 0 Å². The Morgan fingerprint density at radius 2 is 2.39 bits per heavy atom. The summed E-state index contributed by atoms with van der Waals surface area (Å²) in [6, 6.07) is 5.34. The van der Waals surface area contributed by atoms with E-state index in [9.17, 15) is 4.79 Å². The van der Waals surface area contributed by atoms with Crippen molar-refractivity contribution < 1.29 is 9.53 Å². The summed E-state index contributed by atoms with van der Waals surface area (Å²) in [6.45, 7) is 3.42. The lowest BCUT2D eigenvalue weighted by atomic mass is 10.1. The van der Waals surface area contributed by atoms with E-state index in [1.807, 2.05) is 13.0 Å². The van der Waals surface area contributed by atoms with Crippen LogP contribution in [0.2, 0.25) is 0 Å². The predicted octanol–water partition coefficient (Wildman–Crippen LogP) is 1.88. The molecule has 1 atom stereocenters. The molecule has 1 unspecified atom stereocenters. The molecule has 1 aliphatic heterocycles. The summed E-state index contributed by atoms with van der Waals surface area (Å²) in [5.74, 6) is -0.0453. The van der Waals surface area contributed by atoms with E-state index in [0.29, 0.717) is 23.9 Å². The summed E-state index contributed by atoms with van der Waals surface area (Å²) in [7, 11) is 0. The van der Waals surface area contributed by atoms with Crippen LogP contribution in [-0.2, 0) is 4.74 Å². The average Bonchev–Trinajstić information content (AvgIpc) is 2.85. The van der Waals surface area contributed by atoms with Crippen LogP contribution in [0, 0.1) is 6.92 Å². The zero-order valence-corrected chi connectivity index (χ0v) is 10.7. The van der Waals surface area contributed by atoms with E-state index in [-0.39, 0.29) is 5.91 Å². The van der Waals surface area contributed by atoms with Gasteiger partial charge >= 0.3 is 0 Å². The number of amides is 1. The van der Waals surface area contributed by atoms with E-state index >= 15 is 0 Å². The van der Waals surface area contributed by atoms with Crippen molar-refractivity contribution in [3.8, 4) is 0 Å². The van der Waals surface area contributed by atoms with Crippen molar-refractivity contribution in [3.05, 3.63) is 29.3 Å². The molecular formula is C14H20N2O2. The normalized spacial score (nSPS) is 18.8. The maximum atomic E-state index is 11.9. The van der Waals surface area contributed by atoms with E-state index in [0.717, 1.165) is 31.4 Å². The summed E-state index contributed by atoms with van der Waals surface area (Å²) in [4.78, 5) is 11.9. The fraction of sp³-hybridized carbons (Fsp3) is 0.500. The standard InChI is InChI=1S/C14H20N2O2/c1-10-9-11(4-5-13(10)15)14(17)16-7-6-12-3-2-8-18-12/h4-5,9,12H,2-3,6-8,15H2,1H3,(H,16,17). The van der Waals surface area contributed by atoms with Gasteiger partial charge in [-0.2, -0.15) is 0 Å². The lowest BCUT2D eigenvalue weighted by Crippen LogP contribution is -2.27. The Bertz CT molecular complexity index is 426. The number of anilines is 1. The number of benzene rings is 1. The molecule has 1 amide bonds. The van der Waals surface area contributed by atoms with Crippen LogP contribution in [0.1, 0.15) is 35.2 Å². The number of nitrogens with two attached hydrogens (primary N) is 1. The monoisotopic (exact) mass is 248 g/mol. The topological polar surface area (TPSA) is 64.3 Å². The second-order valence-corrected chi connectivity index (χ2v) is 4.75. The molecule has 1 heterocycles. The Hall–Kier alpha value is -1.55. The second kappa shape index (κ2) is 5.87. The second-order valence-electron chi connectivity index (χ2n) is 4.75. The highest BCUT2D eigenvalue weighted by atomic mass is 16.5. The number of carbonyl (C=O) groups is 1. The molecule has 0 spiro atoms. The lowest BCUT2D eigenvalue weighted by Gasteiger charge is -2.10. The lowest BCUT2D eigenvalue weighted by molar-refractivity contribution is 0.0907. The number of carbonyl (C=O) groups excluding carboxylic acids is 1. The molecule has 0 radical (unpaired) electrons. The largest absolute Gasteiger partial charge is 0.399 e. The van der Waals surface area contributed by atoms with Crippen molar-refractivity contribution in [1.82, 2.24) is 5.32 Å². The summed E-state index contributed by atoms with van der Waals surface area (Å²) in [5.41, 5.74) is 8.03. The minimum atomic E-state index is -0.0453. The fourth-order valence-electron chi connectivity index (χ4n) is 2.14. The predicted molar refractivity (Wildman–Crippen MR) is 71.5 cm³/mol. The Labute approximate surface area is 108 Å². The molecular weight excluding hydrogens is 228 g/mol. The number of rotatable bonds is 4. The maximum Gasteiger partial charge on any atom is 0.251 e. The van der Waals surface area contributed by atoms with E-state index in [1.54, 1.807) is 12.1 Å². The SMILES string of the molecule is Cc1cc(C(=O)NCCC2CCCO2)ccc1N. The number of ether oxygens (including phenoxy) is 1. The Morgan fingerprint density at radius 3 is 3.06 bits per heavy atom. The van der Waals surface area contributed by atoms with Crippen molar-refractivity contribution in [3.63, 3.8) is 0 Å². The third-order valence-corrected chi connectivity index (χ3v) is 3.31. The molecule has 0 saturated carbocycles. The number of hydrogen-bond donors (Lipinski definition) is 2. The van der Waals surface area contributed by atoms with Crippen LogP contribution in [0.25, 0.3) is 0 Å². The molecule has 1 fully saturated rings. The minimum Gasteiger partial charge on any atom is -0.399 e. The Morgan fingerprint density at radius 1 is 1.56 bits per heavy atom. The van der Waals surface area contributed by atoms with Gasteiger partial charge in [0, 0.05) is 24.4 Å². The summed E-state index contributed by atoms with van der Waals surface area (Å²) >= 11 is 0.